The molecule has 1 aromatic carbocycles. The summed E-state index contributed by atoms with van der Waals surface area (Å²) in [5, 5.41) is 14.7. The molecule has 1 aliphatic carbocycles. The molecule has 172 valence electrons. The van der Waals surface area contributed by atoms with E-state index in [9.17, 15) is 5.11 Å². The van der Waals surface area contributed by atoms with E-state index < -0.39 is 6.10 Å². The number of aromatic nitrogens is 2. The van der Waals surface area contributed by atoms with Gasteiger partial charge in [-0.3, -0.25) is 9.58 Å². The van der Waals surface area contributed by atoms with Gasteiger partial charge in [0.25, 0.3) is 0 Å². The summed E-state index contributed by atoms with van der Waals surface area (Å²) >= 11 is 0. The van der Waals surface area contributed by atoms with Crippen molar-refractivity contribution in [1.29, 1.82) is 0 Å². The summed E-state index contributed by atoms with van der Waals surface area (Å²) in [5.41, 5.74) is 2.33. The van der Waals surface area contributed by atoms with Crippen LogP contribution < -0.4 is 9.47 Å². The Morgan fingerprint density at radius 1 is 1.13 bits per heavy atom. The van der Waals surface area contributed by atoms with Crippen molar-refractivity contribution in [3.05, 3.63) is 41.7 Å². The number of benzene rings is 1. The number of aliphatic hydroxyl groups is 1. The van der Waals surface area contributed by atoms with Crippen LogP contribution in [0.5, 0.6) is 11.5 Å². The molecule has 7 heteroatoms. The number of aliphatic hydroxyl groups excluding tert-OH is 1. The second-order valence-corrected chi connectivity index (χ2v) is 8.88. The smallest absolute Gasteiger partial charge is 0.161 e. The fraction of sp³-hybridized carbons (Fsp3) is 0.625. The summed E-state index contributed by atoms with van der Waals surface area (Å²) in [6, 6.07) is 6.58. The highest BCUT2D eigenvalue weighted by atomic mass is 16.5. The second-order valence-electron chi connectivity index (χ2n) is 8.88. The SMILES string of the molecule is COc1cc(CN(C)Cc2cnn(C)c2)ccc1OC[C@@H](O)CN(C)C1CCCCC1. The predicted octanol–water partition coefficient (Wildman–Crippen LogP) is 3.06. The highest BCUT2D eigenvalue weighted by Gasteiger charge is 2.20. The number of aryl methyl sites for hydroxylation is 1. The molecule has 0 spiro atoms. The normalized spacial score (nSPS) is 16.1. The number of ether oxygens (including phenoxy) is 2. The fourth-order valence-corrected chi connectivity index (χ4v) is 4.40. The van der Waals surface area contributed by atoms with Gasteiger partial charge < -0.3 is 19.5 Å². The number of hydrogen-bond acceptors (Lipinski definition) is 6. The maximum absolute atomic E-state index is 10.5. The summed E-state index contributed by atoms with van der Waals surface area (Å²) < 4.78 is 13.3. The van der Waals surface area contributed by atoms with E-state index in [1.165, 1.54) is 37.7 Å². The monoisotopic (exact) mass is 430 g/mol. The first-order valence-corrected chi connectivity index (χ1v) is 11.3. The molecule has 1 fully saturated rings. The van der Waals surface area contributed by atoms with Crippen LogP contribution in [0.15, 0.2) is 30.6 Å². The van der Waals surface area contributed by atoms with Gasteiger partial charge in [0.1, 0.15) is 12.7 Å². The molecule has 0 unspecified atom stereocenters. The number of methoxy groups -OCH3 is 1. The zero-order valence-corrected chi connectivity index (χ0v) is 19.5. The lowest BCUT2D eigenvalue weighted by Gasteiger charge is -2.32. The Balaban J connectivity index is 1.49. The lowest BCUT2D eigenvalue weighted by molar-refractivity contribution is 0.0553. The summed E-state index contributed by atoms with van der Waals surface area (Å²) in [4.78, 5) is 4.52. The van der Waals surface area contributed by atoms with Crippen LogP contribution in [0.1, 0.15) is 43.2 Å². The van der Waals surface area contributed by atoms with Gasteiger partial charge in [-0.2, -0.15) is 5.10 Å². The molecule has 2 aromatic rings. The van der Waals surface area contributed by atoms with Gasteiger partial charge in [-0.05, 0) is 44.6 Å². The van der Waals surface area contributed by atoms with Gasteiger partial charge in [0.05, 0.1) is 13.3 Å². The Morgan fingerprint density at radius 3 is 2.55 bits per heavy atom. The van der Waals surface area contributed by atoms with E-state index in [1.54, 1.807) is 7.11 Å². The Labute approximate surface area is 186 Å². The highest BCUT2D eigenvalue weighted by Crippen LogP contribution is 2.29. The highest BCUT2D eigenvalue weighted by molar-refractivity contribution is 5.43. The molecule has 1 heterocycles. The van der Waals surface area contributed by atoms with Gasteiger partial charge in [-0.25, -0.2) is 0 Å². The lowest BCUT2D eigenvalue weighted by atomic mass is 9.94. The Bertz CT molecular complexity index is 804. The van der Waals surface area contributed by atoms with Crippen LogP contribution in [0.4, 0.5) is 0 Å². The van der Waals surface area contributed by atoms with Crippen molar-refractivity contribution in [2.45, 2.75) is 57.3 Å². The van der Waals surface area contributed by atoms with Crippen LogP contribution >= 0.6 is 0 Å². The van der Waals surface area contributed by atoms with Crippen LogP contribution in [0.25, 0.3) is 0 Å². The third-order valence-corrected chi connectivity index (χ3v) is 6.02. The van der Waals surface area contributed by atoms with Gasteiger partial charge in [-0.15, -0.1) is 0 Å². The maximum Gasteiger partial charge on any atom is 0.161 e. The summed E-state index contributed by atoms with van der Waals surface area (Å²) in [6.07, 6.45) is 9.79. The van der Waals surface area contributed by atoms with Crippen molar-refractivity contribution in [1.82, 2.24) is 19.6 Å². The second kappa shape index (κ2) is 11.5. The molecule has 0 saturated heterocycles. The lowest BCUT2D eigenvalue weighted by Crippen LogP contribution is -2.40. The Kier molecular flexibility index (Phi) is 8.75. The minimum Gasteiger partial charge on any atom is -0.493 e. The van der Waals surface area contributed by atoms with E-state index in [4.69, 9.17) is 9.47 Å². The van der Waals surface area contributed by atoms with Gasteiger partial charge in [0.15, 0.2) is 11.5 Å². The van der Waals surface area contributed by atoms with Crippen LogP contribution in [0.2, 0.25) is 0 Å². The van der Waals surface area contributed by atoms with Crippen molar-refractivity contribution >= 4 is 0 Å². The Hall–Kier alpha value is -2.09. The van der Waals surface area contributed by atoms with Crippen LogP contribution in [0.3, 0.4) is 0 Å². The molecular weight excluding hydrogens is 392 g/mol. The molecule has 1 aliphatic rings. The summed E-state index contributed by atoms with van der Waals surface area (Å²) in [5.74, 6) is 1.36. The average Bonchev–Trinajstić information content (AvgIpc) is 3.17. The number of hydrogen-bond donors (Lipinski definition) is 1. The third kappa shape index (κ3) is 7.23. The number of rotatable bonds is 11. The van der Waals surface area contributed by atoms with E-state index in [2.05, 4.69) is 35.1 Å². The standard InChI is InChI=1S/C24H38N4O3/c1-26(15-20-13-25-28(3)16-20)14-19-10-11-23(24(12-19)30-4)31-18-22(29)17-27(2)21-8-6-5-7-9-21/h10-13,16,21-22,29H,5-9,14-15,17-18H2,1-4H3/t22-/m0/s1. The van der Waals surface area contributed by atoms with E-state index in [1.807, 2.05) is 36.3 Å². The molecule has 1 saturated carbocycles. The first-order valence-electron chi connectivity index (χ1n) is 11.3. The van der Waals surface area contributed by atoms with E-state index in [0.29, 0.717) is 24.1 Å². The Morgan fingerprint density at radius 2 is 1.87 bits per heavy atom. The van der Waals surface area contributed by atoms with Crippen LogP contribution in [-0.4, -0.2) is 71.2 Å². The molecule has 1 atom stereocenters. The van der Waals surface area contributed by atoms with E-state index >= 15 is 0 Å². The molecular formula is C24H38N4O3. The molecule has 3 rings (SSSR count). The number of likely N-dealkylation sites (N-methyl/N-ethyl adjacent to an activating group) is 1. The van der Waals surface area contributed by atoms with Gasteiger partial charge >= 0.3 is 0 Å². The number of nitrogens with zero attached hydrogens (tertiary/aromatic N) is 4. The average molecular weight is 431 g/mol. The largest absolute Gasteiger partial charge is 0.493 e. The minimum absolute atomic E-state index is 0.258. The van der Waals surface area contributed by atoms with Crippen molar-refractivity contribution in [3.63, 3.8) is 0 Å². The molecule has 7 nitrogen and oxygen atoms in total. The molecule has 31 heavy (non-hydrogen) atoms. The molecule has 1 aromatic heterocycles. The molecule has 0 amide bonds. The summed E-state index contributed by atoms with van der Waals surface area (Å²) in [6.45, 7) is 2.51. The molecule has 1 N–H and O–H groups in total. The molecule has 0 radical (unpaired) electrons. The van der Waals surface area contributed by atoms with Gasteiger partial charge in [0, 0.05) is 44.5 Å². The quantitative estimate of drug-likeness (QED) is 0.591. The van der Waals surface area contributed by atoms with Crippen molar-refractivity contribution in [2.24, 2.45) is 7.05 Å². The zero-order valence-electron chi connectivity index (χ0n) is 19.5. The fourth-order valence-electron chi connectivity index (χ4n) is 4.40. The van der Waals surface area contributed by atoms with E-state index in [0.717, 1.165) is 18.7 Å². The molecule has 0 bridgehead atoms. The van der Waals surface area contributed by atoms with Crippen molar-refractivity contribution in [3.8, 4) is 11.5 Å². The minimum atomic E-state index is -0.526. The third-order valence-electron chi connectivity index (χ3n) is 6.02. The van der Waals surface area contributed by atoms with Gasteiger partial charge in [-0.1, -0.05) is 25.3 Å². The maximum atomic E-state index is 10.5. The van der Waals surface area contributed by atoms with Crippen LogP contribution in [-0.2, 0) is 20.1 Å². The molecule has 0 aliphatic heterocycles. The van der Waals surface area contributed by atoms with E-state index in [-0.39, 0.29) is 6.61 Å². The zero-order chi connectivity index (χ0) is 22.2. The van der Waals surface area contributed by atoms with Gasteiger partial charge in [0.2, 0.25) is 0 Å². The van der Waals surface area contributed by atoms with Crippen molar-refractivity contribution in [2.75, 3.05) is 34.4 Å². The first-order chi connectivity index (χ1) is 14.9. The summed E-state index contributed by atoms with van der Waals surface area (Å²) in [7, 11) is 7.77. The van der Waals surface area contributed by atoms with Crippen molar-refractivity contribution < 1.29 is 14.6 Å². The first kappa shape index (κ1) is 23.6. The van der Waals surface area contributed by atoms with Crippen LogP contribution in [0, 0.1) is 0 Å². The topological polar surface area (TPSA) is 63.0 Å². The predicted molar refractivity (Wildman–Crippen MR) is 122 cm³/mol.